The summed E-state index contributed by atoms with van der Waals surface area (Å²) in [5.74, 6) is 1.68. The first-order valence-electron chi connectivity index (χ1n) is 6.55. The number of hydrogen-bond donors (Lipinski definition) is 1. The molecule has 0 aliphatic carbocycles. The smallest absolute Gasteiger partial charge is 0.224 e. The van der Waals surface area contributed by atoms with Crippen molar-refractivity contribution in [3.63, 3.8) is 0 Å². The van der Waals surface area contributed by atoms with Crippen LogP contribution < -0.4 is 10.1 Å². The summed E-state index contributed by atoms with van der Waals surface area (Å²) in [4.78, 5) is 12.1. The lowest BCUT2D eigenvalue weighted by molar-refractivity contribution is -0.121. The number of benzene rings is 1. The van der Waals surface area contributed by atoms with Crippen molar-refractivity contribution in [2.45, 2.75) is 32.7 Å². The molecule has 0 aliphatic heterocycles. The summed E-state index contributed by atoms with van der Waals surface area (Å²) in [6.07, 6.45) is 1.12. The average molecular weight is 284 g/mol. The predicted molar refractivity (Wildman–Crippen MR) is 78.8 cm³/mol. The molecule has 0 radical (unpaired) electrons. The lowest BCUT2D eigenvalue weighted by Gasteiger charge is -2.21. The molecule has 106 valence electrons. The van der Waals surface area contributed by atoms with Gasteiger partial charge in [-0.2, -0.15) is 0 Å². The number of nitrogens with one attached hydrogen (secondary N) is 1. The van der Waals surface area contributed by atoms with Crippen molar-refractivity contribution in [3.05, 3.63) is 29.8 Å². The number of alkyl halides is 1. The molecule has 3 nitrogen and oxygen atoms in total. The van der Waals surface area contributed by atoms with Crippen molar-refractivity contribution in [1.29, 1.82) is 0 Å². The van der Waals surface area contributed by atoms with Crippen LogP contribution in [0.5, 0.6) is 5.75 Å². The Labute approximate surface area is 120 Å². The van der Waals surface area contributed by atoms with Crippen molar-refractivity contribution in [2.24, 2.45) is 5.92 Å². The number of carbonyl (C=O) groups excluding carboxylic acids is 1. The fourth-order valence-electron chi connectivity index (χ4n) is 1.97. The average Bonchev–Trinajstić information content (AvgIpc) is 2.38. The second-order valence-corrected chi connectivity index (χ2v) is 5.26. The first-order valence-corrected chi connectivity index (χ1v) is 7.09. The lowest BCUT2D eigenvalue weighted by Crippen LogP contribution is -2.39. The molecule has 1 aromatic rings. The zero-order valence-corrected chi connectivity index (χ0v) is 12.5. The largest absolute Gasteiger partial charge is 0.496 e. The number of rotatable bonds is 7. The second kappa shape index (κ2) is 8.05. The summed E-state index contributed by atoms with van der Waals surface area (Å²) in [6.45, 7) is 4.17. The van der Waals surface area contributed by atoms with E-state index >= 15 is 0 Å². The Balaban J connectivity index is 2.63. The molecule has 0 bridgehead atoms. The highest BCUT2D eigenvalue weighted by Gasteiger charge is 2.16. The molecule has 19 heavy (non-hydrogen) atoms. The SMILES string of the molecule is COc1ccccc1CC(=O)NC(CCCl)C(C)C. The first kappa shape index (κ1) is 15.8. The second-order valence-electron chi connectivity index (χ2n) is 4.88. The Bertz CT molecular complexity index is 407. The van der Waals surface area contributed by atoms with Gasteiger partial charge in [-0.05, 0) is 18.4 Å². The topological polar surface area (TPSA) is 38.3 Å². The van der Waals surface area contributed by atoms with Gasteiger partial charge in [0.1, 0.15) is 5.75 Å². The summed E-state index contributed by atoms with van der Waals surface area (Å²) in [6, 6.07) is 7.69. The van der Waals surface area contributed by atoms with Gasteiger partial charge < -0.3 is 10.1 Å². The van der Waals surface area contributed by atoms with Crippen LogP contribution in [0.2, 0.25) is 0 Å². The van der Waals surface area contributed by atoms with E-state index in [0.29, 0.717) is 18.2 Å². The summed E-state index contributed by atoms with van der Waals surface area (Å²) in [5, 5.41) is 3.04. The molecule has 4 heteroatoms. The number of halogens is 1. The van der Waals surface area contributed by atoms with E-state index < -0.39 is 0 Å². The van der Waals surface area contributed by atoms with Crippen LogP contribution in [0.4, 0.5) is 0 Å². The van der Waals surface area contributed by atoms with E-state index in [1.807, 2.05) is 24.3 Å². The maximum absolute atomic E-state index is 12.1. The summed E-state index contributed by atoms with van der Waals surface area (Å²) >= 11 is 5.76. The van der Waals surface area contributed by atoms with E-state index in [9.17, 15) is 4.79 Å². The summed E-state index contributed by atoms with van der Waals surface area (Å²) < 4.78 is 5.25. The Morgan fingerprint density at radius 1 is 1.37 bits per heavy atom. The molecule has 0 fully saturated rings. The standard InChI is InChI=1S/C15H22ClNO2/c1-11(2)13(8-9-16)17-15(18)10-12-6-4-5-7-14(12)19-3/h4-7,11,13H,8-10H2,1-3H3,(H,17,18). The van der Waals surface area contributed by atoms with Gasteiger partial charge in [-0.15, -0.1) is 11.6 Å². The number of amides is 1. The number of ether oxygens (including phenoxy) is 1. The van der Waals surface area contributed by atoms with Crippen LogP contribution >= 0.6 is 11.6 Å². The number of carbonyl (C=O) groups is 1. The molecule has 0 heterocycles. The molecule has 0 saturated heterocycles. The van der Waals surface area contributed by atoms with Gasteiger partial charge in [-0.3, -0.25) is 4.79 Å². The molecule has 1 N–H and O–H groups in total. The molecular weight excluding hydrogens is 262 g/mol. The molecule has 0 spiro atoms. The molecular formula is C15H22ClNO2. The quantitative estimate of drug-likeness (QED) is 0.781. The number of para-hydroxylation sites is 1. The van der Waals surface area contributed by atoms with E-state index in [1.165, 1.54) is 0 Å². The third kappa shape index (κ3) is 5.11. The summed E-state index contributed by atoms with van der Waals surface area (Å²) in [5.41, 5.74) is 0.899. The normalized spacial score (nSPS) is 12.3. The highest BCUT2D eigenvalue weighted by molar-refractivity contribution is 6.17. The van der Waals surface area contributed by atoms with Gasteiger partial charge in [-0.1, -0.05) is 32.0 Å². The van der Waals surface area contributed by atoms with Crippen LogP contribution in [-0.2, 0) is 11.2 Å². The van der Waals surface area contributed by atoms with Gasteiger partial charge in [0, 0.05) is 17.5 Å². The van der Waals surface area contributed by atoms with Crippen LogP contribution in [0.15, 0.2) is 24.3 Å². The zero-order chi connectivity index (χ0) is 14.3. The van der Waals surface area contributed by atoms with Gasteiger partial charge >= 0.3 is 0 Å². The molecule has 0 aliphatic rings. The zero-order valence-electron chi connectivity index (χ0n) is 11.8. The number of methoxy groups -OCH3 is 1. The predicted octanol–water partition coefficient (Wildman–Crippen LogP) is 3.01. The third-order valence-electron chi connectivity index (χ3n) is 3.11. The Morgan fingerprint density at radius 2 is 2.05 bits per heavy atom. The maximum atomic E-state index is 12.1. The van der Waals surface area contributed by atoms with Crippen molar-refractivity contribution >= 4 is 17.5 Å². The minimum absolute atomic E-state index is 0.00770. The van der Waals surface area contributed by atoms with Crippen LogP contribution in [-0.4, -0.2) is 24.9 Å². The van der Waals surface area contributed by atoms with Gasteiger partial charge in [0.2, 0.25) is 5.91 Å². The third-order valence-corrected chi connectivity index (χ3v) is 3.33. The lowest BCUT2D eigenvalue weighted by atomic mass is 10.0. The molecule has 1 amide bonds. The minimum atomic E-state index is 0.00770. The fraction of sp³-hybridized carbons (Fsp3) is 0.533. The van der Waals surface area contributed by atoms with Crippen LogP contribution in [0.3, 0.4) is 0 Å². The van der Waals surface area contributed by atoms with Crippen molar-refractivity contribution in [1.82, 2.24) is 5.32 Å². The van der Waals surface area contributed by atoms with Gasteiger partial charge in [-0.25, -0.2) is 0 Å². The Hall–Kier alpha value is -1.22. The van der Waals surface area contributed by atoms with Crippen LogP contribution in [0.1, 0.15) is 25.8 Å². The minimum Gasteiger partial charge on any atom is -0.496 e. The Morgan fingerprint density at radius 3 is 2.63 bits per heavy atom. The van der Waals surface area contributed by atoms with E-state index in [0.717, 1.165) is 17.7 Å². The molecule has 1 aromatic carbocycles. The van der Waals surface area contributed by atoms with Gasteiger partial charge in [0.25, 0.3) is 0 Å². The molecule has 1 atom stereocenters. The molecule has 1 rings (SSSR count). The van der Waals surface area contributed by atoms with Crippen molar-refractivity contribution in [3.8, 4) is 5.75 Å². The van der Waals surface area contributed by atoms with Gasteiger partial charge in [0.15, 0.2) is 0 Å². The Kier molecular flexibility index (Phi) is 6.71. The highest BCUT2D eigenvalue weighted by atomic mass is 35.5. The van der Waals surface area contributed by atoms with E-state index in [-0.39, 0.29) is 11.9 Å². The van der Waals surface area contributed by atoms with Crippen LogP contribution in [0, 0.1) is 5.92 Å². The summed E-state index contributed by atoms with van der Waals surface area (Å²) in [7, 11) is 1.61. The number of hydrogen-bond acceptors (Lipinski definition) is 2. The molecule has 0 saturated carbocycles. The van der Waals surface area contributed by atoms with E-state index in [2.05, 4.69) is 19.2 Å². The maximum Gasteiger partial charge on any atom is 0.224 e. The van der Waals surface area contributed by atoms with Crippen LogP contribution in [0.25, 0.3) is 0 Å². The van der Waals surface area contributed by atoms with Crippen molar-refractivity contribution in [2.75, 3.05) is 13.0 Å². The first-order chi connectivity index (χ1) is 9.08. The van der Waals surface area contributed by atoms with Crippen molar-refractivity contribution < 1.29 is 9.53 Å². The highest BCUT2D eigenvalue weighted by Crippen LogP contribution is 2.18. The molecule has 0 aromatic heterocycles. The molecule has 1 unspecified atom stereocenters. The fourth-order valence-corrected chi connectivity index (χ4v) is 2.20. The van der Waals surface area contributed by atoms with E-state index in [4.69, 9.17) is 16.3 Å². The van der Waals surface area contributed by atoms with Gasteiger partial charge in [0.05, 0.1) is 13.5 Å². The van der Waals surface area contributed by atoms with E-state index in [1.54, 1.807) is 7.11 Å². The monoisotopic (exact) mass is 283 g/mol.